The van der Waals surface area contributed by atoms with Crippen molar-refractivity contribution in [1.29, 1.82) is 0 Å². The molecule has 0 aliphatic carbocycles. The van der Waals surface area contributed by atoms with Crippen LogP contribution in [0.1, 0.15) is 21.9 Å². The molecule has 27 heavy (non-hydrogen) atoms. The molecule has 0 spiro atoms. The molecule has 1 saturated heterocycles. The van der Waals surface area contributed by atoms with Gasteiger partial charge in [-0.1, -0.05) is 16.5 Å². The molecule has 0 saturated carbocycles. The number of nitrogens with one attached hydrogen (secondary N) is 1. The van der Waals surface area contributed by atoms with Crippen molar-refractivity contribution in [3.63, 3.8) is 0 Å². The van der Waals surface area contributed by atoms with Crippen LogP contribution in [0, 0.1) is 6.92 Å². The summed E-state index contributed by atoms with van der Waals surface area (Å²) in [5.74, 6) is 0.314. The van der Waals surface area contributed by atoms with Crippen molar-refractivity contribution in [2.24, 2.45) is 0 Å². The van der Waals surface area contributed by atoms with Gasteiger partial charge in [0.1, 0.15) is 5.76 Å². The quantitative estimate of drug-likeness (QED) is 0.720. The maximum absolute atomic E-state index is 12.3. The van der Waals surface area contributed by atoms with E-state index in [2.05, 4.69) is 20.4 Å². The first-order valence-corrected chi connectivity index (χ1v) is 9.46. The zero-order valence-electron chi connectivity index (χ0n) is 14.8. The molecule has 1 fully saturated rings. The molecule has 8 nitrogen and oxygen atoms in total. The number of hydrogen-bond donors (Lipinski definition) is 1. The highest BCUT2D eigenvalue weighted by molar-refractivity contribution is 7.19. The smallest absolute Gasteiger partial charge is 0.273 e. The minimum atomic E-state index is -0.284. The third-order valence-electron chi connectivity index (χ3n) is 4.19. The summed E-state index contributed by atoms with van der Waals surface area (Å²) in [6.45, 7) is 5.08. The highest BCUT2D eigenvalue weighted by atomic mass is 32.1. The number of morpholine rings is 1. The van der Waals surface area contributed by atoms with Crippen molar-refractivity contribution < 1.29 is 14.1 Å². The maximum Gasteiger partial charge on any atom is 0.273 e. The van der Waals surface area contributed by atoms with Crippen LogP contribution >= 0.6 is 11.3 Å². The molecule has 0 bridgehead atoms. The third kappa shape index (κ3) is 3.99. The fourth-order valence-corrected chi connectivity index (χ4v) is 3.95. The minimum Gasteiger partial charge on any atom is -0.378 e. The summed E-state index contributed by atoms with van der Waals surface area (Å²) < 4.78 is 10.4. The number of nitrogens with zero attached hydrogens (tertiary/aromatic N) is 4. The molecule has 0 aromatic carbocycles. The standard InChI is InChI=1S/C18H19N5O3S/c1-12-10-14(22-26-12)17(24)20-11-15-16(13-2-4-19-5-3-13)27-18(21-15)23-6-8-25-9-7-23/h2-5,10H,6-9,11H2,1H3,(H,20,24). The summed E-state index contributed by atoms with van der Waals surface area (Å²) >= 11 is 1.62. The number of aryl methyl sites for hydroxylation is 1. The predicted octanol–water partition coefficient (Wildman–Crippen LogP) is 2.27. The van der Waals surface area contributed by atoms with Crippen LogP contribution in [0.15, 0.2) is 35.1 Å². The topological polar surface area (TPSA) is 93.4 Å². The Bertz CT molecular complexity index is 918. The second-order valence-corrected chi connectivity index (χ2v) is 7.09. The second kappa shape index (κ2) is 7.85. The van der Waals surface area contributed by atoms with E-state index in [9.17, 15) is 4.79 Å². The number of anilines is 1. The zero-order chi connectivity index (χ0) is 18.6. The first-order chi connectivity index (χ1) is 13.2. The van der Waals surface area contributed by atoms with Gasteiger partial charge in [-0.25, -0.2) is 4.98 Å². The summed E-state index contributed by atoms with van der Waals surface area (Å²) in [6.07, 6.45) is 3.51. The molecule has 1 aliphatic heterocycles. The number of ether oxygens (including phenoxy) is 1. The fraction of sp³-hybridized carbons (Fsp3) is 0.333. The van der Waals surface area contributed by atoms with Crippen molar-refractivity contribution in [2.75, 3.05) is 31.2 Å². The lowest BCUT2D eigenvalue weighted by atomic mass is 10.2. The number of amides is 1. The average Bonchev–Trinajstić information content (AvgIpc) is 3.34. The van der Waals surface area contributed by atoms with Gasteiger partial charge in [0.25, 0.3) is 5.91 Å². The number of carbonyl (C=O) groups is 1. The zero-order valence-corrected chi connectivity index (χ0v) is 15.7. The summed E-state index contributed by atoms with van der Waals surface area (Å²) in [5, 5.41) is 7.57. The molecule has 140 valence electrons. The number of rotatable bonds is 5. The van der Waals surface area contributed by atoms with Gasteiger partial charge in [-0.3, -0.25) is 9.78 Å². The SMILES string of the molecule is Cc1cc(C(=O)NCc2nc(N3CCOCC3)sc2-c2ccncc2)no1. The number of carbonyl (C=O) groups excluding carboxylic acids is 1. The van der Waals surface area contributed by atoms with Gasteiger partial charge < -0.3 is 19.5 Å². The first-order valence-electron chi connectivity index (χ1n) is 8.65. The average molecular weight is 385 g/mol. The Morgan fingerprint density at radius 2 is 2.07 bits per heavy atom. The van der Waals surface area contributed by atoms with Crippen molar-refractivity contribution in [2.45, 2.75) is 13.5 Å². The Morgan fingerprint density at radius 1 is 1.30 bits per heavy atom. The van der Waals surface area contributed by atoms with Gasteiger partial charge in [0, 0.05) is 31.5 Å². The van der Waals surface area contributed by atoms with Crippen LogP contribution in [0.2, 0.25) is 0 Å². The maximum atomic E-state index is 12.3. The van der Waals surface area contributed by atoms with Crippen molar-refractivity contribution in [3.05, 3.63) is 47.7 Å². The molecular formula is C18H19N5O3S. The van der Waals surface area contributed by atoms with E-state index < -0.39 is 0 Å². The summed E-state index contributed by atoms with van der Waals surface area (Å²) in [6, 6.07) is 5.51. The van der Waals surface area contributed by atoms with Gasteiger partial charge in [-0.15, -0.1) is 0 Å². The van der Waals surface area contributed by atoms with Crippen molar-refractivity contribution >= 4 is 22.4 Å². The summed E-state index contributed by atoms with van der Waals surface area (Å²) in [7, 11) is 0. The van der Waals surface area contributed by atoms with Crippen LogP contribution in [-0.2, 0) is 11.3 Å². The number of thiazole rings is 1. The van der Waals surface area contributed by atoms with Crippen LogP contribution < -0.4 is 10.2 Å². The molecule has 9 heteroatoms. The lowest BCUT2D eigenvalue weighted by molar-refractivity contribution is 0.0941. The van der Waals surface area contributed by atoms with Crippen LogP contribution in [0.3, 0.4) is 0 Å². The van der Waals surface area contributed by atoms with E-state index >= 15 is 0 Å². The molecule has 1 amide bonds. The second-order valence-electron chi connectivity index (χ2n) is 6.11. The van der Waals surface area contributed by atoms with Gasteiger partial charge in [0.05, 0.1) is 30.3 Å². The number of aromatic nitrogens is 3. The van der Waals surface area contributed by atoms with Gasteiger partial charge >= 0.3 is 0 Å². The lowest BCUT2D eigenvalue weighted by Gasteiger charge is -2.26. The van der Waals surface area contributed by atoms with E-state index in [0.29, 0.717) is 25.5 Å². The Labute approximate surface area is 160 Å². The highest BCUT2D eigenvalue weighted by Gasteiger charge is 2.20. The van der Waals surface area contributed by atoms with Gasteiger partial charge in [0.15, 0.2) is 10.8 Å². The Hall–Kier alpha value is -2.78. The van der Waals surface area contributed by atoms with Crippen molar-refractivity contribution in [1.82, 2.24) is 20.4 Å². The molecule has 3 aromatic heterocycles. The van der Waals surface area contributed by atoms with E-state index in [4.69, 9.17) is 14.2 Å². The summed E-state index contributed by atoms with van der Waals surface area (Å²) in [5.41, 5.74) is 2.12. The Balaban J connectivity index is 1.57. The Morgan fingerprint density at radius 3 is 2.78 bits per heavy atom. The van der Waals surface area contributed by atoms with Gasteiger partial charge in [-0.2, -0.15) is 0 Å². The first kappa shape index (κ1) is 17.6. The molecule has 4 rings (SSSR count). The number of hydrogen-bond acceptors (Lipinski definition) is 8. The van der Waals surface area contributed by atoms with Crippen molar-refractivity contribution in [3.8, 4) is 10.4 Å². The largest absolute Gasteiger partial charge is 0.378 e. The Kier molecular flexibility index (Phi) is 5.12. The monoisotopic (exact) mass is 385 g/mol. The van der Waals surface area contributed by atoms with E-state index in [-0.39, 0.29) is 11.6 Å². The molecule has 1 N–H and O–H groups in total. The minimum absolute atomic E-state index is 0.265. The van der Waals surface area contributed by atoms with E-state index in [1.807, 2.05) is 12.1 Å². The summed E-state index contributed by atoms with van der Waals surface area (Å²) in [4.78, 5) is 24.4. The van der Waals surface area contributed by atoms with Gasteiger partial charge in [0.2, 0.25) is 0 Å². The highest BCUT2D eigenvalue weighted by Crippen LogP contribution is 2.35. The molecule has 0 radical (unpaired) electrons. The van der Waals surface area contributed by atoms with Crippen LogP contribution in [0.4, 0.5) is 5.13 Å². The lowest BCUT2D eigenvalue weighted by Crippen LogP contribution is -2.36. The molecule has 0 atom stereocenters. The third-order valence-corrected chi connectivity index (χ3v) is 5.39. The van der Waals surface area contributed by atoms with Gasteiger partial charge in [-0.05, 0) is 24.6 Å². The molecule has 4 heterocycles. The molecule has 0 unspecified atom stereocenters. The normalized spacial score (nSPS) is 14.3. The van der Waals surface area contributed by atoms with E-state index in [0.717, 1.165) is 34.4 Å². The predicted molar refractivity (Wildman–Crippen MR) is 101 cm³/mol. The number of pyridine rings is 1. The molecule has 1 aliphatic rings. The van der Waals surface area contributed by atoms with E-state index in [1.54, 1.807) is 36.7 Å². The van der Waals surface area contributed by atoms with Crippen LogP contribution in [0.25, 0.3) is 10.4 Å². The molecule has 3 aromatic rings. The fourth-order valence-electron chi connectivity index (χ4n) is 2.81. The van der Waals surface area contributed by atoms with Crippen LogP contribution in [-0.4, -0.2) is 47.3 Å². The van der Waals surface area contributed by atoms with E-state index in [1.165, 1.54) is 0 Å². The molecular weight excluding hydrogens is 366 g/mol. The van der Waals surface area contributed by atoms with Crippen LogP contribution in [0.5, 0.6) is 0 Å².